The molecule has 0 aliphatic carbocycles. The largest absolute Gasteiger partial charge is 0.495 e. The molecule has 0 bridgehead atoms. The summed E-state index contributed by atoms with van der Waals surface area (Å²) in [5, 5.41) is 3.01. The summed E-state index contributed by atoms with van der Waals surface area (Å²) in [7, 11) is -1.68. The minimum Gasteiger partial charge on any atom is -0.495 e. The number of carbonyl (C=O) groups is 1. The van der Waals surface area contributed by atoms with Gasteiger partial charge < -0.3 is 15.8 Å². The van der Waals surface area contributed by atoms with Crippen molar-refractivity contribution in [3.63, 3.8) is 0 Å². The topological polar surface area (TPSA) is 98.5 Å². The highest BCUT2D eigenvalue weighted by atomic mass is 35.5. The van der Waals surface area contributed by atoms with E-state index in [0.717, 1.165) is 6.26 Å². The molecule has 0 spiro atoms. The molecule has 112 valence electrons. The summed E-state index contributed by atoms with van der Waals surface area (Å²) in [5.41, 5.74) is 6.12. The average molecular weight is 321 g/mol. The van der Waals surface area contributed by atoms with Gasteiger partial charge in [0.2, 0.25) is 5.91 Å². The van der Waals surface area contributed by atoms with E-state index in [1.165, 1.54) is 7.11 Å². The maximum absolute atomic E-state index is 11.8. The second-order valence-corrected chi connectivity index (χ2v) is 7.03. The van der Waals surface area contributed by atoms with Crippen LogP contribution < -0.4 is 15.8 Å². The van der Waals surface area contributed by atoms with Gasteiger partial charge in [0.1, 0.15) is 15.6 Å². The number of nitrogens with one attached hydrogen (secondary N) is 1. The van der Waals surface area contributed by atoms with E-state index in [9.17, 15) is 13.2 Å². The van der Waals surface area contributed by atoms with E-state index in [4.69, 9.17) is 22.1 Å². The van der Waals surface area contributed by atoms with E-state index in [1.54, 1.807) is 18.2 Å². The second-order valence-electron chi connectivity index (χ2n) is 4.36. The Morgan fingerprint density at radius 1 is 1.50 bits per heavy atom. The zero-order chi connectivity index (χ0) is 15.3. The molecule has 0 heterocycles. The van der Waals surface area contributed by atoms with Crippen LogP contribution in [0.4, 0.5) is 5.69 Å². The molecule has 0 saturated carbocycles. The van der Waals surface area contributed by atoms with Crippen molar-refractivity contribution in [3.05, 3.63) is 23.2 Å². The summed E-state index contributed by atoms with van der Waals surface area (Å²) in [5.74, 6) is -0.168. The van der Waals surface area contributed by atoms with Crippen LogP contribution in [0.15, 0.2) is 18.2 Å². The summed E-state index contributed by atoms with van der Waals surface area (Å²) in [6.45, 7) is 0. The number of carbonyl (C=O) groups excluding carboxylic acids is 1. The number of hydrogen-bond acceptors (Lipinski definition) is 5. The molecule has 6 nitrogen and oxygen atoms in total. The number of halogens is 1. The Morgan fingerprint density at radius 3 is 2.70 bits per heavy atom. The maximum atomic E-state index is 11.8. The molecule has 8 heteroatoms. The van der Waals surface area contributed by atoms with Gasteiger partial charge in [0, 0.05) is 18.0 Å². The molecule has 20 heavy (non-hydrogen) atoms. The summed E-state index contributed by atoms with van der Waals surface area (Å²) >= 11 is 5.87. The fraction of sp³-hybridized carbons (Fsp3) is 0.417. The molecule has 1 aromatic rings. The first kappa shape index (κ1) is 16.7. The van der Waals surface area contributed by atoms with Crippen molar-refractivity contribution in [1.82, 2.24) is 0 Å². The number of rotatable bonds is 6. The van der Waals surface area contributed by atoms with Gasteiger partial charge in [-0.05, 0) is 18.6 Å². The Morgan fingerprint density at radius 2 is 2.15 bits per heavy atom. The molecule has 0 saturated heterocycles. The molecule has 0 fully saturated rings. The van der Waals surface area contributed by atoms with Crippen molar-refractivity contribution in [2.45, 2.75) is 12.5 Å². The monoisotopic (exact) mass is 320 g/mol. The van der Waals surface area contributed by atoms with Crippen LogP contribution in [-0.4, -0.2) is 39.5 Å². The highest BCUT2D eigenvalue weighted by Gasteiger charge is 2.16. The molecule has 1 amide bonds. The predicted molar refractivity (Wildman–Crippen MR) is 78.9 cm³/mol. The number of methoxy groups -OCH3 is 1. The third-order valence-corrected chi connectivity index (χ3v) is 3.84. The zero-order valence-corrected chi connectivity index (χ0v) is 12.8. The van der Waals surface area contributed by atoms with E-state index in [-0.39, 0.29) is 12.2 Å². The van der Waals surface area contributed by atoms with E-state index in [0.29, 0.717) is 16.5 Å². The average Bonchev–Trinajstić information content (AvgIpc) is 2.37. The van der Waals surface area contributed by atoms with Crippen LogP contribution in [0.2, 0.25) is 5.02 Å². The normalized spacial score (nSPS) is 12.8. The van der Waals surface area contributed by atoms with Gasteiger partial charge in [0.15, 0.2) is 0 Å². The van der Waals surface area contributed by atoms with Crippen LogP contribution in [-0.2, 0) is 14.6 Å². The zero-order valence-electron chi connectivity index (χ0n) is 11.2. The van der Waals surface area contributed by atoms with Crippen LogP contribution in [0.1, 0.15) is 6.42 Å². The molecule has 1 atom stereocenters. The van der Waals surface area contributed by atoms with Gasteiger partial charge >= 0.3 is 0 Å². The van der Waals surface area contributed by atoms with Gasteiger partial charge in [0.25, 0.3) is 0 Å². The molecule has 0 aliphatic heterocycles. The van der Waals surface area contributed by atoms with Gasteiger partial charge in [-0.3, -0.25) is 4.79 Å². The van der Waals surface area contributed by atoms with Crippen LogP contribution in [0.3, 0.4) is 0 Å². The highest BCUT2D eigenvalue weighted by molar-refractivity contribution is 7.90. The van der Waals surface area contributed by atoms with E-state index in [2.05, 4.69) is 5.32 Å². The lowest BCUT2D eigenvalue weighted by Crippen LogP contribution is -2.37. The van der Waals surface area contributed by atoms with Gasteiger partial charge in [-0.1, -0.05) is 11.6 Å². The molecular weight excluding hydrogens is 304 g/mol. The second kappa shape index (κ2) is 6.92. The summed E-state index contributed by atoms with van der Waals surface area (Å²) in [6.07, 6.45) is 1.16. The first-order chi connectivity index (χ1) is 9.23. The van der Waals surface area contributed by atoms with E-state index >= 15 is 0 Å². The third-order valence-electron chi connectivity index (χ3n) is 2.56. The molecule has 0 aliphatic rings. The SMILES string of the molecule is COc1cc(NC(=O)C(N)CCS(C)(=O)=O)ccc1Cl. The fourth-order valence-electron chi connectivity index (χ4n) is 1.44. The van der Waals surface area contributed by atoms with Crippen molar-refractivity contribution in [2.75, 3.05) is 24.4 Å². The molecule has 3 N–H and O–H groups in total. The van der Waals surface area contributed by atoms with Crippen LogP contribution in [0.25, 0.3) is 0 Å². The Hall–Kier alpha value is -1.31. The van der Waals surface area contributed by atoms with Crippen molar-refractivity contribution < 1.29 is 17.9 Å². The molecule has 0 radical (unpaired) electrons. The standard InChI is InChI=1S/C12H17ClN2O4S/c1-19-11-7-8(3-4-9(11)13)15-12(16)10(14)5-6-20(2,17)18/h3-4,7,10H,5-6,14H2,1-2H3,(H,15,16). The predicted octanol–water partition coefficient (Wildman–Crippen LogP) is 1.05. The van der Waals surface area contributed by atoms with Crippen LogP contribution >= 0.6 is 11.6 Å². The fourth-order valence-corrected chi connectivity index (χ4v) is 2.32. The molecule has 0 aromatic heterocycles. The van der Waals surface area contributed by atoms with E-state index < -0.39 is 21.8 Å². The van der Waals surface area contributed by atoms with Crippen molar-refractivity contribution in [3.8, 4) is 5.75 Å². The first-order valence-corrected chi connectivity index (χ1v) is 8.24. The number of hydrogen-bond donors (Lipinski definition) is 2. The smallest absolute Gasteiger partial charge is 0.241 e. The lowest BCUT2D eigenvalue weighted by atomic mass is 10.2. The third kappa shape index (κ3) is 5.36. The Kier molecular flexibility index (Phi) is 5.79. The minimum absolute atomic E-state index is 0.0649. The summed E-state index contributed by atoms with van der Waals surface area (Å²) in [4.78, 5) is 11.8. The molecule has 1 rings (SSSR count). The van der Waals surface area contributed by atoms with Gasteiger partial charge in [0.05, 0.1) is 23.9 Å². The number of ether oxygens (including phenoxy) is 1. The van der Waals surface area contributed by atoms with E-state index in [1.807, 2.05) is 0 Å². The lowest BCUT2D eigenvalue weighted by molar-refractivity contribution is -0.117. The number of benzene rings is 1. The van der Waals surface area contributed by atoms with Gasteiger partial charge in [-0.15, -0.1) is 0 Å². The molecule has 1 unspecified atom stereocenters. The Balaban J connectivity index is 2.66. The first-order valence-electron chi connectivity index (χ1n) is 5.80. The number of nitrogens with two attached hydrogens (primary N) is 1. The van der Waals surface area contributed by atoms with Gasteiger partial charge in [-0.2, -0.15) is 0 Å². The maximum Gasteiger partial charge on any atom is 0.241 e. The summed E-state index contributed by atoms with van der Waals surface area (Å²) in [6, 6.07) is 3.85. The van der Waals surface area contributed by atoms with Crippen LogP contribution in [0, 0.1) is 0 Å². The van der Waals surface area contributed by atoms with Crippen molar-refractivity contribution in [1.29, 1.82) is 0 Å². The highest BCUT2D eigenvalue weighted by Crippen LogP contribution is 2.27. The molecule has 1 aromatic carbocycles. The Bertz CT molecular complexity index is 589. The van der Waals surface area contributed by atoms with Crippen molar-refractivity contribution >= 4 is 33.0 Å². The quantitative estimate of drug-likeness (QED) is 0.816. The molecular formula is C12H17ClN2O4S. The Labute approximate surface area is 123 Å². The van der Waals surface area contributed by atoms with Crippen molar-refractivity contribution in [2.24, 2.45) is 5.73 Å². The minimum atomic E-state index is -3.14. The number of amides is 1. The van der Waals surface area contributed by atoms with Gasteiger partial charge in [-0.25, -0.2) is 8.42 Å². The lowest BCUT2D eigenvalue weighted by Gasteiger charge is -2.12. The number of anilines is 1. The number of sulfone groups is 1. The summed E-state index contributed by atoms with van der Waals surface area (Å²) < 4.78 is 27.1. The van der Waals surface area contributed by atoms with Crippen LogP contribution in [0.5, 0.6) is 5.75 Å².